The van der Waals surface area contributed by atoms with E-state index in [2.05, 4.69) is 15.6 Å². The van der Waals surface area contributed by atoms with Gasteiger partial charge in [0, 0.05) is 31.2 Å². The fourth-order valence-electron chi connectivity index (χ4n) is 2.73. The number of para-hydroxylation sites is 1. The van der Waals surface area contributed by atoms with Crippen molar-refractivity contribution in [1.29, 1.82) is 0 Å². The lowest BCUT2D eigenvalue weighted by Crippen LogP contribution is -2.32. The van der Waals surface area contributed by atoms with Gasteiger partial charge in [0.25, 0.3) is 0 Å². The molecule has 2 aromatic rings. The lowest BCUT2D eigenvalue weighted by Gasteiger charge is -2.26. The van der Waals surface area contributed by atoms with Crippen molar-refractivity contribution in [3.63, 3.8) is 0 Å². The van der Waals surface area contributed by atoms with Gasteiger partial charge in [0.2, 0.25) is 5.91 Å². The van der Waals surface area contributed by atoms with Crippen LogP contribution in [-0.2, 0) is 11.3 Å². The van der Waals surface area contributed by atoms with E-state index in [-0.39, 0.29) is 11.8 Å². The van der Waals surface area contributed by atoms with E-state index in [4.69, 9.17) is 0 Å². The highest BCUT2D eigenvalue weighted by molar-refractivity contribution is 5.86. The summed E-state index contributed by atoms with van der Waals surface area (Å²) in [5.74, 6) is 0.0200. The Morgan fingerprint density at radius 3 is 3.10 bits per heavy atom. The number of anilines is 1. The number of pyridine rings is 1. The number of hydrogen-bond donors (Lipinski definition) is 2. The second kappa shape index (κ2) is 5.95. The third-order valence-corrected chi connectivity index (χ3v) is 4.00. The van der Waals surface area contributed by atoms with Crippen LogP contribution in [0.25, 0.3) is 0 Å². The molecule has 1 aliphatic heterocycles. The number of hydrogen-bond acceptors (Lipinski definition) is 3. The first-order chi connectivity index (χ1) is 10.3. The van der Waals surface area contributed by atoms with Gasteiger partial charge in [0.05, 0.1) is 5.92 Å². The van der Waals surface area contributed by atoms with Crippen LogP contribution in [0.2, 0.25) is 0 Å². The van der Waals surface area contributed by atoms with E-state index in [1.165, 1.54) is 0 Å². The Morgan fingerprint density at radius 2 is 2.24 bits per heavy atom. The van der Waals surface area contributed by atoms with Crippen molar-refractivity contribution < 1.29 is 4.79 Å². The fourth-order valence-corrected chi connectivity index (χ4v) is 2.73. The van der Waals surface area contributed by atoms with Gasteiger partial charge >= 0.3 is 0 Å². The minimum atomic E-state index is -0.0700. The molecule has 21 heavy (non-hydrogen) atoms. The van der Waals surface area contributed by atoms with E-state index in [1.807, 2.05) is 43.5 Å². The fraction of sp³-hybridized carbons (Fsp3) is 0.294. The lowest BCUT2D eigenvalue weighted by atomic mass is 9.90. The monoisotopic (exact) mass is 281 g/mol. The quantitative estimate of drug-likeness (QED) is 0.909. The molecule has 0 aliphatic carbocycles. The second-order valence-corrected chi connectivity index (χ2v) is 5.38. The molecule has 0 bridgehead atoms. The molecule has 0 spiro atoms. The van der Waals surface area contributed by atoms with Crippen molar-refractivity contribution in [1.82, 2.24) is 10.3 Å². The zero-order valence-corrected chi connectivity index (χ0v) is 12.1. The molecule has 0 saturated carbocycles. The molecule has 1 aromatic carbocycles. The van der Waals surface area contributed by atoms with E-state index in [1.54, 1.807) is 6.20 Å². The van der Waals surface area contributed by atoms with E-state index < -0.39 is 0 Å². The van der Waals surface area contributed by atoms with Crippen molar-refractivity contribution in [2.45, 2.75) is 25.8 Å². The summed E-state index contributed by atoms with van der Waals surface area (Å²) >= 11 is 0. The molecule has 4 nitrogen and oxygen atoms in total. The van der Waals surface area contributed by atoms with Crippen molar-refractivity contribution >= 4 is 11.6 Å². The molecule has 1 atom stereocenters. The topological polar surface area (TPSA) is 54.0 Å². The number of aryl methyl sites for hydroxylation is 1. The molecule has 1 aliphatic rings. The van der Waals surface area contributed by atoms with Crippen LogP contribution in [0, 0.1) is 6.92 Å². The normalized spacial score (nSPS) is 16.7. The molecule has 1 unspecified atom stereocenters. The van der Waals surface area contributed by atoms with Gasteiger partial charge in [-0.1, -0.05) is 18.2 Å². The van der Waals surface area contributed by atoms with Crippen LogP contribution in [0.4, 0.5) is 5.69 Å². The number of aromatic nitrogens is 1. The molecule has 0 saturated heterocycles. The van der Waals surface area contributed by atoms with E-state index >= 15 is 0 Å². The molecule has 0 radical (unpaired) electrons. The molecular formula is C17H19N3O. The molecule has 2 heterocycles. The summed E-state index contributed by atoms with van der Waals surface area (Å²) in [7, 11) is 0. The van der Waals surface area contributed by atoms with Crippen LogP contribution in [0.3, 0.4) is 0 Å². The first kappa shape index (κ1) is 13.6. The van der Waals surface area contributed by atoms with Gasteiger partial charge < -0.3 is 10.6 Å². The van der Waals surface area contributed by atoms with Gasteiger partial charge in [-0.05, 0) is 42.2 Å². The highest BCUT2D eigenvalue weighted by Crippen LogP contribution is 2.31. The third kappa shape index (κ3) is 2.89. The molecule has 0 fully saturated rings. The Bertz CT molecular complexity index is 654. The minimum absolute atomic E-state index is 0.0700. The Labute approximate surface area is 124 Å². The maximum atomic E-state index is 12.5. The number of benzene rings is 1. The smallest absolute Gasteiger partial charge is 0.227 e. The molecule has 4 heteroatoms. The summed E-state index contributed by atoms with van der Waals surface area (Å²) in [4.78, 5) is 16.6. The van der Waals surface area contributed by atoms with Crippen LogP contribution in [-0.4, -0.2) is 17.4 Å². The third-order valence-electron chi connectivity index (χ3n) is 4.00. The highest BCUT2D eigenvalue weighted by Gasteiger charge is 2.25. The van der Waals surface area contributed by atoms with Crippen molar-refractivity contribution in [3.05, 3.63) is 59.4 Å². The predicted octanol–water partition coefficient (Wildman–Crippen LogP) is 2.61. The van der Waals surface area contributed by atoms with Gasteiger partial charge in [0.15, 0.2) is 0 Å². The maximum Gasteiger partial charge on any atom is 0.227 e. The summed E-state index contributed by atoms with van der Waals surface area (Å²) in [5.41, 5.74) is 4.37. The van der Waals surface area contributed by atoms with Crippen molar-refractivity contribution in [2.75, 3.05) is 11.9 Å². The number of rotatable bonds is 3. The zero-order valence-electron chi connectivity index (χ0n) is 12.1. The number of fused-ring (bicyclic) bond motifs is 1. The van der Waals surface area contributed by atoms with Crippen LogP contribution in [0.5, 0.6) is 0 Å². The number of carbonyl (C=O) groups excluding carboxylic acids is 1. The zero-order chi connectivity index (χ0) is 14.7. The summed E-state index contributed by atoms with van der Waals surface area (Å²) in [6.45, 7) is 3.40. The summed E-state index contributed by atoms with van der Waals surface area (Å²) in [5, 5.41) is 6.38. The number of amides is 1. The standard InChI is InChI=1S/C17H19N3O/c1-12-6-8-18-10-13(12)11-20-17(21)15-7-9-19-16-5-3-2-4-14(15)16/h2-6,8,10,15,19H,7,9,11H2,1H3,(H,20,21). The Kier molecular flexibility index (Phi) is 3.86. The van der Waals surface area contributed by atoms with Crippen LogP contribution >= 0.6 is 0 Å². The summed E-state index contributed by atoms with van der Waals surface area (Å²) in [6.07, 6.45) is 4.41. The molecule has 3 rings (SSSR count). The molecule has 1 aromatic heterocycles. The van der Waals surface area contributed by atoms with Crippen molar-refractivity contribution in [2.24, 2.45) is 0 Å². The van der Waals surface area contributed by atoms with Gasteiger partial charge in [-0.25, -0.2) is 0 Å². The van der Waals surface area contributed by atoms with E-state index in [9.17, 15) is 4.79 Å². The maximum absolute atomic E-state index is 12.5. The van der Waals surface area contributed by atoms with Gasteiger partial charge in [-0.15, -0.1) is 0 Å². The average Bonchev–Trinajstić information content (AvgIpc) is 2.53. The van der Waals surface area contributed by atoms with Gasteiger partial charge in [0.1, 0.15) is 0 Å². The average molecular weight is 281 g/mol. The first-order valence-corrected chi connectivity index (χ1v) is 7.25. The van der Waals surface area contributed by atoms with Crippen LogP contribution in [0.15, 0.2) is 42.7 Å². The molecule has 108 valence electrons. The number of carbonyl (C=O) groups is 1. The Balaban J connectivity index is 1.71. The van der Waals surface area contributed by atoms with Gasteiger partial charge in [-0.2, -0.15) is 0 Å². The Hall–Kier alpha value is -2.36. The molecule has 2 N–H and O–H groups in total. The Morgan fingerprint density at radius 1 is 1.38 bits per heavy atom. The largest absolute Gasteiger partial charge is 0.385 e. The van der Waals surface area contributed by atoms with Crippen molar-refractivity contribution in [3.8, 4) is 0 Å². The SMILES string of the molecule is Cc1ccncc1CNC(=O)C1CCNc2ccccc21. The molecular weight excluding hydrogens is 262 g/mol. The van der Waals surface area contributed by atoms with E-state index in [0.29, 0.717) is 6.54 Å². The number of nitrogens with zero attached hydrogens (tertiary/aromatic N) is 1. The lowest BCUT2D eigenvalue weighted by molar-refractivity contribution is -0.122. The van der Waals surface area contributed by atoms with E-state index in [0.717, 1.165) is 35.3 Å². The van der Waals surface area contributed by atoms with Crippen LogP contribution in [0.1, 0.15) is 29.0 Å². The second-order valence-electron chi connectivity index (χ2n) is 5.38. The summed E-state index contributed by atoms with van der Waals surface area (Å²) in [6, 6.07) is 9.99. The minimum Gasteiger partial charge on any atom is -0.385 e. The number of nitrogens with one attached hydrogen (secondary N) is 2. The molecule has 1 amide bonds. The summed E-state index contributed by atoms with van der Waals surface area (Å²) < 4.78 is 0. The van der Waals surface area contributed by atoms with Crippen LogP contribution < -0.4 is 10.6 Å². The predicted molar refractivity (Wildman–Crippen MR) is 83.1 cm³/mol. The van der Waals surface area contributed by atoms with Gasteiger partial charge in [-0.3, -0.25) is 9.78 Å². The first-order valence-electron chi connectivity index (χ1n) is 7.25. The highest BCUT2D eigenvalue weighted by atomic mass is 16.1.